The molecule has 1 aromatic rings. The van der Waals surface area contributed by atoms with E-state index in [2.05, 4.69) is 10.2 Å². The van der Waals surface area contributed by atoms with Gasteiger partial charge in [-0.25, -0.2) is 4.79 Å². The van der Waals surface area contributed by atoms with Crippen LogP contribution in [0.3, 0.4) is 0 Å². The highest BCUT2D eigenvalue weighted by molar-refractivity contribution is 5.96. The number of hydrogen-bond acceptors (Lipinski definition) is 3. The van der Waals surface area contributed by atoms with Crippen molar-refractivity contribution in [3.8, 4) is 0 Å². The first-order valence-corrected chi connectivity index (χ1v) is 5.14. The molecule has 2 N–H and O–H groups in total. The Labute approximate surface area is 92.3 Å². The predicted molar refractivity (Wildman–Crippen MR) is 54.8 cm³/mol. The fraction of sp³-hybridized carbons (Fsp3) is 0.500. The lowest BCUT2D eigenvalue weighted by atomic mass is 10.0. The lowest BCUT2D eigenvalue weighted by molar-refractivity contribution is -0.142. The second kappa shape index (κ2) is 3.96. The highest BCUT2D eigenvalue weighted by Gasteiger charge is 2.39. The van der Waals surface area contributed by atoms with Crippen LogP contribution in [0.2, 0.25) is 0 Å². The van der Waals surface area contributed by atoms with Crippen molar-refractivity contribution in [1.82, 2.24) is 15.1 Å². The van der Waals surface area contributed by atoms with Crippen LogP contribution in [0, 0.1) is 5.92 Å². The summed E-state index contributed by atoms with van der Waals surface area (Å²) in [6.07, 6.45) is 3.61. The molecule has 0 aliphatic carbocycles. The van der Waals surface area contributed by atoms with Crippen molar-refractivity contribution in [1.29, 1.82) is 0 Å². The van der Waals surface area contributed by atoms with E-state index < -0.39 is 12.0 Å². The number of aliphatic carboxylic acids is 1. The van der Waals surface area contributed by atoms with E-state index in [1.807, 2.05) is 6.92 Å². The summed E-state index contributed by atoms with van der Waals surface area (Å²) in [5, 5.41) is 15.3. The Morgan fingerprint density at radius 1 is 1.62 bits per heavy atom. The molecule has 0 saturated carbocycles. The Balaban J connectivity index is 2.21. The molecule has 1 aliphatic heterocycles. The largest absolute Gasteiger partial charge is 0.480 e. The van der Waals surface area contributed by atoms with Crippen molar-refractivity contribution in [3.63, 3.8) is 0 Å². The van der Waals surface area contributed by atoms with Crippen molar-refractivity contribution < 1.29 is 14.7 Å². The summed E-state index contributed by atoms with van der Waals surface area (Å²) in [5.41, 5.74) is 0.403. The number of hydrogen-bond donors (Lipinski definition) is 2. The minimum atomic E-state index is -0.943. The zero-order valence-electron chi connectivity index (χ0n) is 8.88. The molecule has 6 heteroatoms. The van der Waals surface area contributed by atoms with Gasteiger partial charge in [0.15, 0.2) is 0 Å². The molecule has 2 unspecified atom stereocenters. The summed E-state index contributed by atoms with van der Waals surface area (Å²) in [7, 11) is 0. The second-order valence-electron chi connectivity index (χ2n) is 4.03. The molecule has 1 saturated heterocycles. The predicted octanol–water partition coefficient (Wildman–Crippen LogP) is 0.345. The molecule has 0 aromatic carbocycles. The molecule has 1 aromatic heterocycles. The SMILES string of the molecule is CC1CCN(C(=O)c2cn[nH]c2)C1C(=O)O. The van der Waals surface area contributed by atoms with Crippen molar-refractivity contribution >= 4 is 11.9 Å². The van der Waals surface area contributed by atoms with Crippen molar-refractivity contribution in [2.24, 2.45) is 5.92 Å². The number of carboxylic acid groups (broad SMARTS) is 1. The van der Waals surface area contributed by atoms with Gasteiger partial charge in [-0.15, -0.1) is 0 Å². The first kappa shape index (κ1) is 10.7. The summed E-state index contributed by atoms with van der Waals surface area (Å²) < 4.78 is 0. The molecule has 1 fully saturated rings. The lowest BCUT2D eigenvalue weighted by Gasteiger charge is -2.22. The molecule has 2 heterocycles. The molecule has 2 rings (SSSR count). The maximum atomic E-state index is 12.0. The van der Waals surface area contributed by atoms with Gasteiger partial charge in [0.2, 0.25) is 0 Å². The third-order valence-electron chi connectivity index (χ3n) is 2.96. The molecular weight excluding hydrogens is 210 g/mol. The zero-order valence-corrected chi connectivity index (χ0v) is 8.88. The van der Waals surface area contributed by atoms with Gasteiger partial charge in [-0.3, -0.25) is 9.89 Å². The summed E-state index contributed by atoms with van der Waals surface area (Å²) >= 11 is 0. The van der Waals surface area contributed by atoms with Gasteiger partial charge >= 0.3 is 5.97 Å². The van der Waals surface area contributed by atoms with Crippen LogP contribution < -0.4 is 0 Å². The smallest absolute Gasteiger partial charge is 0.326 e. The minimum Gasteiger partial charge on any atom is -0.480 e. The number of aromatic nitrogens is 2. The summed E-state index contributed by atoms with van der Waals surface area (Å²) in [6.45, 7) is 2.34. The van der Waals surface area contributed by atoms with Gasteiger partial charge in [-0.05, 0) is 12.3 Å². The molecule has 86 valence electrons. The Hall–Kier alpha value is -1.85. The Kier molecular flexibility index (Phi) is 2.64. The van der Waals surface area contributed by atoms with E-state index in [0.29, 0.717) is 12.1 Å². The fourth-order valence-electron chi connectivity index (χ4n) is 2.09. The van der Waals surface area contributed by atoms with Crippen molar-refractivity contribution in [2.75, 3.05) is 6.54 Å². The normalized spacial score (nSPS) is 24.7. The number of rotatable bonds is 2. The number of carbonyl (C=O) groups is 2. The van der Waals surface area contributed by atoms with E-state index >= 15 is 0 Å². The lowest BCUT2D eigenvalue weighted by Crippen LogP contribution is -2.42. The maximum Gasteiger partial charge on any atom is 0.326 e. The summed E-state index contributed by atoms with van der Waals surface area (Å²) in [6, 6.07) is -0.720. The van der Waals surface area contributed by atoms with E-state index in [0.717, 1.165) is 6.42 Å². The highest BCUT2D eigenvalue weighted by atomic mass is 16.4. The van der Waals surface area contributed by atoms with Crippen LogP contribution in [0.5, 0.6) is 0 Å². The maximum absolute atomic E-state index is 12.0. The average molecular weight is 223 g/mol. The van der Waals surface area contributed by atoms with E-state index in [4.69, 9.17) is 5.11 Å². The topological polar surface area (TPSA) is 86.3 Å². The van der Waals surface area contributed by atoms with Crippen LogP contribution in [0.15, 0.2) is 12.4 Å². The van der Waals surface area contributed by atoms with Crippen LogP contribution in [0.1, 0.15) is 23.7 Å². The first-order chi connectivity index (χ1) is 7.61. The van der Waals surface area contributed by atoms with Gasteiger partial charge in [0.25, 0.3) is 5.91 Å². The van der Waals surface area contributed by atoms with Gasteiger partial charge in [0.05, 0.1) is 11.8 Å². The number of H-pyrrole nitrogens is 1. The number of likely N-dealkylation sites (tertiary alicyclic amines) is 1. The number of nitrogens with zero attached hydrogens (tertiary/aromatic N) is 2. The van der Waals surface area contributed by atoms with Gasteiger partial charge in [-0.2, -0.15) is 5.10 Å². The third-order valence-corrected chi connectivity index (χ3v) is 2.96. The van der Waals surface area contributed by atoms with Crippen LogP contribution in [0.4, 0.5) is 0 Å². The molecule has 1 aliphatic rings. The molecule has 0 radical (unpaired) electrons. The van der Waals surface area contributed by atoms with Crippen LogP contribution in [-0.2, 0) is 4.79 Å². The number of nitrogens with one attached hydrogen (secondary N) is 1. The van der Waals surface area contributed by atoms with E-state index in [-0.39, 0.29) is 11.8 Å². The zero-order chi connectivity index (χ0) is 11.7. The Morgan fingerprint density at radius 2 is 2.38 bits per heavy atom. The highest BCUT2D eigenvalue weighted by Crippen LogP contribution is 2.25. The summed E-state index contributed by atoms with van der Waals surface area (Å²) in [4.78, 5) is 24.5. The number of aromatic amines is 1. The average Bonchev–Trinajstić information content (AvgIpc) is 2.84. The first-order valence-electron chi connectivity index (χ1n) is 5.14. The molecule has 1 amide bonds. The third kappa shape index (κ3) is 1.66. The number of carboxylic acids is 1. The van der Waals surface area contributed by atoms with Crippen molar-refractivity contribution in [2.45, 2.75) is 19.4 Å². The molecule has 0 bridgehead atoms. The number of amides is 1. The van der Waals surface area contributed by atoms with Gasteiger partial charge < -0.3 is 10.0 Å². The fourth-order valence-corrected chi connectivity index (χ4v) is 2.09. The van der Waals surface area contributed by atoms with E-state index in [1.54, 1.807) is 0 Å². The van der Waals surface area contributed by atoms with Gasteiger partial charge in [-0.1, -0.05) is 6.92 Å². The van der Waals surface area contributed by atoms with E-state index in [1.165, 1.54) is 17.3 Å². The monoisotopic (exact) mass is 223 g/mol. The standard InChI is InChI=1S/C10H13N3O3/c1-6-2-3-13(8(6)10(15)16)9(14)7-4-11-12-5-7/h4-6,8H,2-3H2,1H3,(H,11,12)(H,15,16). The molecule has 16 heavy (non-hydrogen) atoms. The molecule has 6 nitrogen and oxygen atoms in total. The number of carbonyl (C=O) groups excluding carboxylic acids is 1. The quantitative estimate of drug-likeness (QED) is 0.757. The second-order valence-corrected chi connectivity index (χ2v) is 4.03. The molecule has 0 spiro atoms. The van der Waals surface area contributed by atoms with Gasteiger partial charge in [0.1, 0.15) is 6.04 Å². The van der Waals surface area contributed by atoms with Gasteiger partial charge in [0, 0.05) is 12.7 Å². The van der Waals surface area contributed by atoms with Crippen molar-refractivity contribution in [3.05, 3.63) is 18.0 Å². The van der Waals surface area contributed by atoms with E-state index in [9.17, 15) is 9.59 Å². The van der Waals surface area contributed by atoms with Crippen LogP contribution in [-0.4, -0.2) is 44.7 Å². The summed E-state index contributed by atoms with van der Waals surface area (Å²) in [5.74, 6) is -1.22. The minimum absolute atomic E-state index is 0.00616. The Bertz CT molecular complexity index is 401. The van der Waals surface area contributed by atoms with Crippen LogP contribution in [0.25, 0.3) is 0 Å². The molecule has 2 atom stereocenters. The molecular formula is C10H13N3O3. The Morgan fingerprint density at radius 3 is 2.94 bits per heavy atom. The van der Waals surface area contributed by atoms with Crippen LogP contribution >= 0.6 is 0 Å².